The highest BCUT2D eigenvalue weighted by Gasteiger charge is 2.20. The number of hydrogen-bond acceptors (Lipinski definition) is 2. The summed E-state index contributed by atoms with van der Waals surface area (Å²) in [6, 6.07) is 9.17. The van der Waals surface area contributed by atoms with E-state index < -0.39 is 0 Å². The molecule has 0 radical (unpaired) electrons. The van der Waals surface area contributed by atoms with Crippen molar-refractivity contribution in [2.45, 2.75) is 25.3 Å². The first-order chi connectivity index (χ1) is 8.81. The van der Waals surface area contributed by atoms with Crippen molar-refractivity contribution in [3.05, 3.63) is 35.9 Å². The third-order valence-electron chi connectivity index (χ3n) is 3.33. The van der Waals surface area contributed by atoms with Crippen molar-refractivity contribution in [1.29, 1.82) is 0 Å². The molecule has 1 aliphatic rings. The van der Waals surface area contributed by atoms with Crippen LogP contribution in [0.5, 0.6) is 0 Å². The molecule has 1 fully saturated rings. The van der Waals surface area contributed by atoms with Gasteiger partial charge in [0.2, 0.25) is 0 Å². The van der Waals surface area contributed by atoms with Crippen LogP contribution in [0.4, 0.5) is 4.79 Å². The second kappa shape index (κ2) is 6.40. The van der Waals surface area contributed by atoms with Gasteiger partial charge in [0.25, 0.3) is 0 Å². The van der Waals surface area contributed by atoms with Gasteiger partial charge >= 0.3 is 6.03 Å². The Morgan fingerprint density at radius 1 is 1.22 bits per heavy atom. The molecule has 4 heteroatoms. The molecule has 98 valence electrons. The number of nitrogens with one attached hydrogen (secondary N) is 1. The highest BCUT2D eigenvalue weighted by atomic mass is 16.3. The van der Waals surface area contributed by atoms with Gasteiger partial charge in [-0.2, -0.15) is 0 Å². The van der Waals surface area contributed by atoms with Gasteiger partial charge < -0.3 is 15.3 Å². The first-order valence-corrected chi connectivity index (χ1v) is 6.52. The van der Waals surface area contributed by atoms with Gasteiger partial charge in [0, 0.05) is 13.1 Å². The molecule has 0 spiro atoms. The predicted molar refractivity (Wildman–Crippen MR) is 70.2 cm³/mol. The van der Waals surface area contributed by atoms with Crippen LogP contribution in [0.15, 0.2) is 30.3 Å². The second-order valence-electron chi connectivity index (χ2n) is 4.64. The summed E-state index contributed by atoms with van der Waals surface area (Å²) in [6.45, 7) is 1.56. The standard InChI is InChI=1S/C14H20N2O2/c17-11-13(12-7-3-1-4-8-12)15-14(18)16-9-5-2-6-10-16/h1,3-4,7-8,13,17H,2,5-6,9-11H2,(H,15,18). The van der Waals surface area contributed by atoms with E-state index in [1.807, 2.05) is 35.2 Å². The summed E-state index contributed by atoms with van der Waals surface area (Å²) in [6.07, 6.45) is 3.34. The molecule has 1 atom stereocenters. The van der Waals surface area contributed by atoms with Crippen molar-refractivity contribution in [3.8, 4) is 0 Å². The van der Waals surface area contributed by atoms with E-state index in [-0.39, 0.29) is 18.7 Å². The normalized spacial score (nSPS) is 17.3. The highest BCUT2D eigenvalue weighted by molar-refractivity contribution is 5.74. The number of carbonyl (C=O) groups excluding carboxylic acids is 1. The number of amides is 2. The van der Waals surface area contributed by atoms with Crippen molar-refractivity contribution in [2.75, 3.05) is 19.7 Å². The Morgan fingerprint density at radius 2 is 1.89 bits per heavy atom. The maximum Gasteiger partial charge on any atom is 0.317 e. The number of aliphatic hydroxyl groups excluding tert-OH is 1. The zero-order valence-electron chi connectivity index (χ0n) is 10.5. The van der Waals surface area contributed by atoms with Gasteiger partial charge in [-0.15, -0.1) is 0 Å². The Bertz CT molecular complexity index is 375. The van der Waals surface area contributed by atoms with Crippen LogP contribution in [0.25, 0.3) is 0 Å². The molecule has 18 heavy (non-hydrogen) atoms. The third-order valence-corrected chi connectivity index (χ3v) is 3.33. The number of benzene rings is 1. The molecule has 1 unspecified atom stereocenters. The van der Waals surface area contributed by atoms with E-state index in [2.05, 4.69) is 5.32 Å². The molecule has 1 saturated heterocycles. The number of hydrogen-bond donors (Lipinski definition) is 2. The van der Waals surface area contributed by atoms with E-state index in [1.54, 1.807) is 0 Å². The van der Waals surface area contributed by atoms with E-state index in [0.717, 1.165) is 31.5 Å². The van der Waals surface area contributed by atoms with Crippen molar-refractivity contribution < 1.29 is 9.90 Å². The summed E-state index contributed by atoms with van der Waals surface area (Å²) in [5.41, 5.74) is 0.936. The van der Waals surface area contributed by atoms with Crippen molar-refractivity contribution in [1.82, 2.24) is 10.2 Å². The summed E-state index contributed by atoms with van der Waals surface area (Å²) in [4.78, 5) is 13.9. The Balaban J connectivity index is 1.95. The highest BCUT2D eigenvalue weighted by Crippen LogP contribution is 2.14. The Hall–Kier alpha value is -1.55. The Morgan fingerprint density at radius 3 is 2.50 bits per heavy atom. The van der Waals surface area contributed by atoms with Crippen molar-refractivity contribution in [3.63, 3.8) is 0 Å². The number of carbonyl (C=O) groups is 1. The van der Waals surface area contributed by atoms with E-state index in [0.29, 0.717) is 0 Å². The third kappa shape index (κ3) is 3.23. The Labute approximate surface area is 108 Å². The van der Waals surface area contributed by atoms with Crippen molar-refractivity contribution in [2.24, 2.45) is 0 Å². The van der Waals surface area contributed by atoms with E-state index in [4.69, 9.17) is 0 Å². The number of rotatable bonds is 3. The molecule has 1 aliphatic heterocycles. The Kier molecular flexibility index (Phi) is 4.59. The summed E-state index contributed by atoms with van der Waals surface area (Å²) in [7, 11) is 0. The summed E-state index contributed by atoms with van der Waals surface area (Å²) < 4.78 is 0. The number of likely N-dealkylation sites (tertiary alicyclic amines) is 1. The molecular weight excluding hydrogens is 228 g/mol. The lowest BCUT2D eigenvalue weighted by atomic mass is 10.1. The monoisotopic (exact) mass is 248 g/mol. The SMILES string of the molecule is O=C(NC(CO)c1ccccc1)N1CCCCC1. The average Bonchev–Trinajstić information content (AvgIpc) is 2.46. The van der Waals surface area contributed by atoms with Gasteiger partial charge in [-0.25, -0.2) is 4.79 Å². The molecule has 0 aliphatic carbocycles. The van der Waals surface area contributed by atoms with Crippen LogP contribution in [-0.2, 0) is 0 Å². The lowest BCUT2D eigenvalue weighted by Gasteiger charge is -2.29. The predicted octanol–water partition coefficient (Wildman–Crippen LogP) is 1.92. The molecule has 1 heterocycles. The van der Waals surface area contributed by atoms with Crippen LogP contribution in [0.2, 0.25) is 0 Å². The smallest absolute Gasteiger partial charge is 0.317 e. The van der Waals surface area contributed by atoms with Crippen LogP contribution in [-0.4, -0.2) is 35.7 Å². The van der Waals surface area contributed by atoms with Gasteiger partial charge in [0.1, 0.15) is 0 Å². The minimum Gasteiger partial charge on any atom is -0.394 e. The molecule has 1 aromatic carbocycles. The maximum atomic E-state index is 12.0. The summed E-state index contributed by atoms with van der Waals surface area (Å²) in [5, 5.41) is 12.3. The number of piperidine rings is 1. The van der Waals surface area contributed by atoms with Crippen LogP contribution in [0.3, 0.4) is 0 Å². The fourth-order valence-electron chi connectivity index (χ4n) is 2.26. The molecule has 0 bridgehead atoms. The van der Waals surface area contributed by atoms with Gasteiger partial charge in [0.05, 0.1) is 12.6 Å². The van der Waals surface area contributed by atoms with Crippen LogP contribution in [0.1, 0.15) is 30.9 Å². The van der Waals surface area contributed by atoms with E-state index in [1.165, 1.54) is 6.42 Å². The van der Waals surface area contributed by atoms with Gasteiger partial charge in [0.15, 0.2) is 0 Å². The fraction of sp³-hybridized carbons (Fsp3) is 0.500. The fourth-order valence-corrected chi connectivity index (χ4v) is 2.26. The average molecular weight is 248 g/mol. The molecule has 1 aromatic rings. The quantitative estimate of drug-likeness (QED) is 0.858. The molecule has 4 nitrogen and oxygen atoms in total. The van der Waals surface area contributed by atoms with Crippen LogP contribution in [0, 0.1) is 0 Å². The minimum atomic E-state index is -0.319. The lowest BCUT2D eigenvalue weighted by Crippen LogP contribution is -2.44. The van der Waals surface area contributed by atoms with Crippen LogP contribution >= 0.6 is 0 Å². The molecule has 0 saturated carbocycles. The largest absolute Gasteiger partial charge is 0.394 e. The van der Waals surface area contributed by atoms with Crippen molar-refractivity contribution >= 4 is 6.03 Å². The number of nitrogens with zero attached hydrogens (tertiary/aromatic N) is 1. The zero-order chi connectivity index (χ0) is 12.8. The molecule has 2 amide bonds. The second-order valence-corrected chi connectivity index (χ2v) is 4.64. The zero-order valence-corrected chi connectivity index (χ0v) is 10.5. The first-order valence-electron chi connectivity index (χ1n) is 6.52. The molecule has 2 rings (SSSR count). The topological polar surface area (TPSA) is 52.6 Å². The lowest BCUT2D eigenvalue weighted by molar-refractivity contribution is 0.172. The molecule has 0 aromatic heterocycles. The van der Waals surface area contributed by atoms with Gasteiger partial charge in [-0.1, -0.05) is 30.3 Å². The van der Waals surface area contributed by atoms with E-state index >= 15 is 0 Å². The van der Waals surface area contributed by atoms with E-state index in [9.17, 15) is 9.90 Å². The summed E-state index contributed by atoms with van der Waals surface area (Å²) >= 11 is 0. The summed E-state index contributed by atoms with van der Waals surface area (Å²) in [5.74, 6) is 0. The number of aliphatic hydroxyl groups is 1. The molecular formula is C14H20N2O2. The van der Waals surface area contributed by atoms with Gasteiger partial charge in [-0.3, -0.25) is 0 Å². The number of urea groups is 1. The van der Waals surface area contributed by atoms with Crippen LogP contribution < -0.4 is 5.32 Å². The molecule has 2 N–H and O–H groups in total. The first kappa shape index (κ1) is 12.9. The minimum absolute atomic E-state index is 0.0717. The maximum absolute atomic E-state index is 12.0. The van der Waals surface area contributed by atoms with Gasteiger partial charge in [-0.05, 0) is 24.8 Å².